The van der Waals surface area contributed by atoms with Gasteiger partial charge in [0, 0.05) is 0 Å². The van der Waals surface area contributed by atoms with E-state index < -0.39 is 10.9 Å². The quantitative estimate of drug-likeness (QED) is 0.439. The molecule has 2 aromatic rings. The van der Waals surface area contributed by atoms with Crippen molar-refractivity contribution in [2.24, 2.45) is 0 Å². The van der Waals surface area contributed by atoms with Crippen molar-refractivity contribution in [2.45, 2.75) is 0 Å². The number of fused-ring (bicyclic) bond motifs is 1. The van der Waals surface area contributed by atoms with Gasteiger partial charge >= 0.3 is 5.95 Å². The molecular weight excluding hydrogens is 209 g/mol. The number of nitro groups is 1. The van der Waals surface area contributed by atoms with E-state index in [0.717, 1.165) is 16.8 Å². The van der Waals surface area contributed by atoms with Crippen LogP contribution >= 0.6 is 0 Å². The third-order valence-corrected chi connectivity index (χ3v) is 2.23. The number of benzene rings is 2. The lowest BCUT2D eigenvalue weighted by Crippen LogP contribution is -1.91. The van der Waals surface area contributed by atoms with Crippen molar-refractivity contribution in [3.63, 3.8) is 0 Å². The van der Waals surface area contributed by atoms with Crippen molar-refractivity contribution < 1.29 is 9.31 Å². The molecule has 0 saturated heterocycles. The molecular formula is C12H8FNO2. The van der Waals surface area contributed by atoms with Gasteiger partial charge in [0.1, 0.15) is 0 Å². The summed E-state index contributed by atoms with van der Waals surface area (Å²) in [5.74, 6) is -1.35. The highest BCUT2D eigenvalue weighted by Crippen LogP contribution is 2.17. The third kappa shape index (κ3) is 2.06. The summed E-state index contributed by atoms with van der Waals surface area (Å²) in [4.78, 5) is 9.08. The first-order valence-corrected chi connectivity index (χ1v) is 4.67. The van der Waals surface area contributed by atoms with Crippen LogP contribution in [0.5, 0.6) is 0 Å². The van der Waals surface area contributed by atoms with Crippen LogP contribution in [0.1, 0.15) is 5.56 Å². The molecule has 80 valence electrons. The molecule has 0 spiro atoms. The average molecular weight is 217 g/mol. The highest BCUT2D eigenvalue weighted by atomic mass is 19.1. The van der Waals surface area contributed by atoms with Gasteiger partial charge in [0.05, 0.1) is 11.0 Å². The second-order valence-electron chi connectivity index (χ2n) is 3.33. The number of rotatable bonds is 2. The molecule has 0 heterocycles. The molecule has 3 nitrogen and oxygen atoms in total. The summed E-state index contributed by atoms with van der Waals surface area (Å²) in [5, 5.41) is 12.1. The summed E-state index contributed by atoms with van der Waals surface area (Å²) in [6.45, 7) is 0. The molecule has 0 bridgehead atoms. The van der Waals surface area contributed by atoms with Gasteiger partial charge in [-0.2, -0.15) is 0 Å². The maximum absolute atomic E-state index is 12.8. The van der Waals surface area contributed by atoms with Crippen LogP contribution in [0.25, 0.3) is 16.8 Å². The van der Waals surface area contributed by atoms with Crippen LogP contribution in [0.15, 0.2) is 48.4 Å². The molecule has 0 radical (unpaired) electrons. The summed E-state index contributed by atoms with van der Waals surface area (Å²) < 4.78 is 12.8. The van der Waals surface area contributed by atoms with Crippen molar-refractivity contribution >= 4 is 16.8 Å². The van der Waals surface area contributed by atoms with Gasteiger partial charge < -0.3 is 0 Å². The minimum Gasteiger partial charge on any atom is -0.256 e. The molecule has 2 aromatic carbocycles. The Labute approximate surface area is 91.0 Å². The Balaban J connectivity index is 2.47. The van der Waals surface area contributed by atoms with E-state index in [1.807, 2.05) is 24.3 Å². The standard InChI is InChI=1S/C12H8FNO2/c13-12(14(15)16)8-9-5-6-10-3-1-2-4-11(10)7-9/h1-8H/b12-8+. The topological polar surface area (TPSA) is 43.1 Å². The van der Waals surface area contributed by atoms with Gasteiger partial charge in [-0.1, -0.05) is 36.4 Å². The molecule has 16 heavy (non-hydrogen) atoms. The van der Waals surface area contributed by atoms with Crippen LogP contribution in [-0.4, -0.2) is 4.92 Å². The smallest absolute Gasteiger partial charge is 0.256 e. The normalized spacial score (nSPS) is 11.7. The molecule has 0 unspecified atom stereocenters. The zero-order valence-corrected chi connectivity index (χ0v) is 8.26. The monoisotopic (exact) mass is 217 g/mol. The second kappa shape index (κ2) is 4.10. The van der Waals surface area contributed by atoms with Gasteiger partial charge in [-0.25, -0.2) is 0 Å². The molecule has 2 rings (SSSR count). The molecule has 0 atom stereocenters. The summed E-state index contributed by atoms with van der Waals surface area (Å²) in [7, 11) is 0. The Morgan fingerprint density at radius 2 is 1.88 bits per heavy atom. The molecule has 0 fully saturated rings. The van der Waals surface area contributed by atoms with E-state index in [4.69, 9.17) is 0 Å². The van der Waals surface area contributed by atoms with Gasteiger partial charge in [0.15, 0.2) is 0 Å². The van der Waals surface area contributed by atoms with Crippen molar-refractivity contribution in [2.75, 3.05) is 0 Å². The van der Waals surface area contributed by atoms with Crippen molar-refractivity contribution in [3.05, 3.63) is 64.1 Å². The van der Waals surface area contributed by atoms with Crippen LogP contribution in [-0.2, 0) is 0 Å². The third-order valence-electron chi connectivity index (χ3n) is 2.23. The van der Waals surface area contributed by atoms with Gasteiger partial charge in [0.25, 0.3) is 0 Å². The van der Waals surface area contributed by atoms with E-state index >= 15 is 0 Å². The molecule has 0 aliphatic carbocycles. The second-order valence-corrected chi connectivity index (χ2v) is 3.33. The highest BCUT2D eigenvalue weighted by Gasteiger charge is 2.07. The molecule has 0 amide bonds. The summed E-state index contributed by atoms with van der Waals surface area (Å²) in [5.41, 5.74) is 0.480. The lowest BCUT2D eigenvalue weighted by Gasteiger charge is -1.98. The first-order chi connectivity index (χ1) is 7.66. The lowest BCUT2D eigenvalue weighted by atomic mass is 10.1. The minimum absolute atomic E-state index is 0.480. The van der Waals surface area contributed by atoms with Crippen molar-refractivity contribution in [1.82, 2.24) is 0 Å². The van der Waals surface area contributed by atoms with Crippen molar-refractivity contribution in [1.29, 1.82) is 0 Å². The maximum Gasteiger partial charge on any atom is 0.419 e. The van der Waals surface area contributed by atoms with Gasteiger partial charge in [-0.15, -0.1) is 4.39 Å². The molecule has 0 aliphatic rings. The number of hydrogen-bond acceptors (Lipinski definition) is 2. The average Bonchev–Trinajstić information content (AvgIpc) is 2.28. The molecule has 0 aromatic heterocycles. The predicted octanol–water partition coefficient (Wildman–Crippen LogP) is 3.38. The van der Waals surface area contributed by atoms with Gasteiger partial charge in [0.2, 0.25) is 0 Å². The van der Waals surface area contributed by atoms with E-state index in [1.165, 1.54) is 0 Å². The Hall–Kier alpha value is -2.23. The fourth-order valence-electron chi connectivity index (χ4n) is 1.49. The Morgan fingerprint density at radius 3 is 2.56 bits per heavy atom. The van der Waals surface area contributed by atoms with E-state index in [9.17, 15) is 14.5 Å². The van der Waals surface area contributed by atoms with E-state index in [0.29, 0.717) is 5.56 Å². The summed E-state index contributed by atoms with van der Waals surface area (Å²) >= 11 is 0. The van der Waals surface area contributed by atoms with E-state index in [-0.39, 0.29) is 0 Å². The number of halogens is 1. The Kier molecular flexibility index (Phi) is 2.64. The molecule has 0 aliphatic heterocycles. The van der Waals surface area contributed by atoms with Crippen LogP contribution < -0.4 is 0 Å². The van der Waals surface area contributed by atoms with Gasteiger partial charge in [-0.05, 0) is 22.4 Å². The van der Waals surface area contributed by atoms with E-state index in [2.05, 4.69) is 0 Å². The van der Waals surface area contributed by atoms with Crippen LogP contribution in [0.3, 0.4) is 0 Å². The van der Waals surface area contributed by atoms with Crippen LogP contribution in [0, 0.1) is 10.1 Å². The zero-order valence-electron chi connectivity index (χ0n) is 8.26. The Morgan fingerprint density at radius 1 is 1.19 bits per heavy atom. The first kappa shape index (κ1) is 10.3. The maximum atomic E-state index is 12.8. The minimum atomic E-state index is -1.35. The highest BCUT2D eigenvalue weighted by molar-refractivity contribution is 5.84. The zero-order chi connectivity index (χ0) is 11.5. The molecule has 4 heteroatoms. The largest absolute Gasteiger partial charge is 0.419 e. The summed E-state index contributed by atoms with van der Waals surface area (Å²) in [6, 6.07) is 12.7. The lowest BCUT2D eigenvalue weighted by molar-refractivity contribution is -0.445. The first-order valence-electron chi connectivity index (χ1n) is 4.67. The van der Waals surface area contributed by atoms with Gasteiger partial charge in [-0.3, -0.25) is 10.1 Å². The molecule has 0 saturated carbocycles. The number of hydrogen-bond donors (Lipinski definition) is 0. The predicted molar refractivity (Wildman–Crippen MR) is 60.0 cm³/mol. The van der Waals surface area contributed by atoms with Crippen LogP contribution in [0.4, 0.5) is 4.39 Å². The SMILES string of the molecule is O=[N+]([O-])/C(F)=C/c1ccc2ccccc2c1. The number of nitrogens with zero attached hydrogens (tertiary/aromatic N) is 1. The van der Waals surface area contributed by atoms with Crippen LogP contribution in [0.2, 0.25) is 0 Å². The Bertz CT molecular complexity index is 578. The fraction of sp³-hybridized carbons (Fsp3) is 0. The van der Waals surface area contributed by atoms with E-state index in [1.54, 1.807) is 18.2 Å². The fourth-order valence-corrected chi connectivity index (χ4v) is 1.49. The molecule has 0 N–H and O–H groups in total. The van der Waals surface area contributed by atoms with Crippen molar-refractivity contribution in [3.8, 4) is 0 Å². The summed E-state index contributed by atoms with van der Waals surface area (Å²) in [6.07, 6.45) is 0.909.